The summed E-state index contributed by atoms with van der Waals surface area (Å²) in [5.41, 5.74) is 0. The third-order valence-electron chi connectivity index (χ3n) is 5.47. The molecule has 1 saturated carbocycles. The van der Waals surface area contributed by atoms with Crippen molar-refractivity contribution in [1.29, 1.82) is 0 Å². The van der Waals surface area contributed by atoms with Crippen LogP contribution in [0, 0.1) is 17.8 Å². The smallest absolute Gasteiger partial charge is 0.361 e. The molecule has 0 spiro atoms. The zero-order chi connectivity index (χ0) is 14.6. The topological polar surface area (TPSA) is 26.3 Å². The summed E-state index contributed by atoms with van der Waals surface area (Å²) in [6, 6.07) is 0. The summed E-state index contributed by atoms with van der Waals surface area (Å²) >= 11 is 0. The summed E-state index contributed by atoms with van der Waals surface area (Å²) in [6.45, 7) is 8.12. The van der Waals surface area contributed by atoms with Gasteiger partial charge in [-0.15, -0.1) is 0 Å². The van der Waals surface area contributed by atoms with Gasteiger partial charge in [0, 0.05) is 0 Å². The van der Waals surface area contributed by atoms with Crippen LogP contribution in [0.3, 0.4) is 0 Å². The monoisotopic (exact) mass is 282 g/mol. The average Bonchev–Trinajstić information content (AvgIpc) is 2.38. The first-order chi connectivity index (χ1) is 9.48. The van der Waals surface area contributed by atoms with Gasteiger partial charge in [-0.1, -0.05) is 20.3 Å². The van der Waals surface area contributed by atoms with Gasteiger partial charge in [0.25, 0.3) is 0 Å². The maximum atomic E-state index is 12.1. The second kappa shape index (κ2) is 6.93. The predicted molar refractivity (Wildman–Crippen MR) is 81.3 cm³/mol. The molecular weight excluding hydrogens is 250 g/mol. The third-order valence-corrected chi connectivity index (χ3v) is 5.47. The number of likely N-dealkylation sites (tertiary alicyclic amines) is 1. The van der Waals surface area contributed by atoms with Gasteiger partial charge in [0.2, 0.25) is 0 Å². The Hall–Kier alpha value is -0.570. The van der Waals surface area contributed by atoms with Gasteiger partial charge < -0.3 is 9.22 Å². The zero-order valence-corrected chi connectivity index (χ0v) is 13.6. The van der Waals surface area contributed by atoms with Crippen molar-refractivity contribution in [2.45, 2.75) is 52.4 Å². The van der Waals surface area contributed by atoms with Crippen molar-refractivity contribution in [2.24, 2.45) is 17.8 Å². The maximum Gasteiger partial charge on any atom is 0.361 e. The van der Waals surface area contributed by atoms with Gasteiger partial charge in [-0.3, -0.25) is 0 Å². The highest BCUT2D eigenvalue weighted by Gasteiger charge is 2.30. The predicted octanol–water partition coefficient (Wildman–Crippen LogP) is 3.23. The highest BCUT2D eigenvalue weighted by atomic mass is 16.5. The van der Waals surface area contributed by atoms with Crippen LogP contribution in [0.2, 0.25) is 0 Å². The van der Waals surface area contributed by atoms with E-state index in [1.807, 2.05) is 0 Å². The normalized spacial score (nSPS) is 33.6. The number of rotatable bonds is 4. The minimum atomic E-state index is 0.0141. The number of carbonyl (C=O) groups is 1. The lowest BCUT2D eigenvalue weighted by Gasteiger charge is -2.37. The molecule has 20 heavy (non-hydrogen) atoms. The second-order valence-corrected chi connectivity index (χ2v) is 7.62. The van der Waals surface area contributed by atoms with Crippen LogP contribution in [0.5, 0.6) is 0 Å². The van der Waals surface area contributed by atoms with E-state index in [0.717, 1.165) is 23.5 Å². The van der Waals surface area contributed by atoms with Crippen molar-refractivity contribution in [1.82, 2.24) is 0 Å². The molecule has 0 bridgehead atoms. The fourth-order valence-corrected chi connectivity index (χ4v) is 3.97. The van der Waals surface area contributed by atoms with Gasteiger partial charge in [-0.2, -0.15) is 0 Å². The molecule has 3 nitrogen and oxygen atoms in total. The summed E-state index contributed by atoms with van der Waals surface area (Å²) in [4.78, 5) is 12.1. The van der Waals surface area contributed by atoms with Crippen molar-refractivity contribution < 1.29 is 14.0 Å². The molecule has 2 rings (SSSR count). The first-order valence-electron chi connectivity index (χ1n) is 8.48. The Morgan fingerprint density at radius 2 is 1.85 bits per heavy atom. The van der Waals surface area contributed by atoms with Gasteiger partial charge in [0.15, 0.2) is 6.54 Å². The van der Waals surface area contributed by atoms with E-state index < -0.39 is 0 Å². The highest BCUT2D eigenvalue weighted by molar-refractivity contribution is 5.70. The van der Waals surface area contributed by atoms with Crippen molar-refractivity contribution in [3.05, 3.63) is 0 Å². The third kappa shape index (κ3) is 4.47. The van der Waals surface area contributed by atoms with Crippen LogP contribution in [-0.2, 0) is 9.53 Å². The summed E-state index contributed by atoms with van der Waals surface area (Å²) in [7, 11) is 2.20. The Labute approximate surface area is 124 Å². The summed E-state index contributed by atoms with van der Waals surface area (Å²) < 4.78 is 6.49. The number of esters is 1. The van der Waals surface area contributed by atoms with E-state index in [2.05, 4.69) is 20.9 Å². The number of nitrogens with zero attached hydrogens (tertiary/aromatic N) is 1. The molecule has 0 N–H and O–H groups in total. The first kappa shape index (κ1) is 15.8. The van der Waals surface area contributed by atoms with Crippen molar-refractivity contribution >= 4 is 5.97 Å². The van der Waals surface area contributed by atoms with Gasteiger partial charge in [-0.25, -0.2) is 4.79 Å². The molecule has 3 heteroatoms. The molecular formula is C17H32NO2+. The van der Waals surface area contributed by atoms with Crippen LogP contribution < -0.4 is 0 Å². The van der Waals surface area contributed by atoms with Crippen LogP contribution in [0.1, 0.15) is 52.4 Å². The van der Waals surface area contributed by atoms with Crippen molar-refractivity contribution in [3.8, 4) is 0 Å². The number of hydrogen-bond acceptors (Lipinski definition) is 2. The lowest BCUT2D eigenvalue weighted by atomic mass is 9.76. The molecule has 0 amide bonds. The molecule has 2 aliphatic rings. The molecule has 0 radical (unpaired) electrons. The number of likely N-dealkylation sites (N-methyl/N-ethyl adjacent to an activating group) is 1. The fraction of sp³-hybridized carbons (Fsp3) is 0.941. The van der Waals surface area contributed by atoms with Gasteiger partial charge in [0.1, 0.15) is 0 Å². The lowest BCUT2D eigenvalue weighted by Crippen LogP contribution is -2.51. The molecule has 1 aliphatic carbocycles. The molecule has 1 heterocycles. The average molecular weight is 282 g/mol. The summed E-state index contributed by atoms with van der Waals surface area (Å²) in [6.07, 6.45) is 7.63. The largest absolute Gasteiger partial charge is 0.461 e. The molecule has 2 fully saturated rings. The number of ether oxygens (including phenoxy) is 1. The number of carbonyl (C=O) groups excluding carboxylic acids is 1. The number of hydrogen-bond donors (Lipinski definition) is 0. The van der Waals surface area contributed by atoms with E-state index in [0.29, 0.717) is 25.0 Å². The quantitative estimate of drug-likeness (QED) is 0.584. The fourth-order valence-electron chi connectivity index (χ4n) is 3.97. The minimum Gasteiger partial charge on any atom is -0.461 e. The number of piperidine rings is 1. The van der Waals surface area contributed by atoms with Gasteiger partial charge in [0.05, 0.1) is 26.7 Å². The molecule has 1 saturated heterocycles. The number of quaternary nitrogens is 1. The maximum absolute atomic E-state index is 12.1. The second-order valence-electron chi connectivity index (χ2n) is 7.62. The van der Waals surface area contributed by atoms with Crippen LogP contribution in [0.15, 0.2) is 0 Å². The lowest BCUT2D eigenvalue weighted by molar-refractivity contribution is -0.907. The van der Waals surface area contributed by atoms with E-state index in [9.17, 15) is 4.79 Å². The molecule has 1 aliphatic heterocycles. The van der Waals surface area contributed by atoms with E-state index in [4.69, 9.17) is 4.74 Å². The van der Waals surface area contributed by atoms with Crippen LogP contribution in [0.25, 0.3) is 0 Å². The van der Waals surface area contributed by atoms with Crippen molar-refractivity contribution in [2.75, 3.05) is 33.3 Å². The SMILES string of the molecule is C[C@H]1CC[C@H](COC(=O)C[N+]2(C)CCCCC2)[C@H](C)C1. The van der Waals surface area contributed by atoms with Crippen molar-refractivity contribution in [3.63, 3.8) is 0 Å². The van der Waals surface area contributed by atoms with Crippen LogP contribution >= 0.6 is 0 Å². The standard InChI is InChI=1S/C17H32NO2/c1-14-7-8-16(15(2)11-14)13-20-17(19)12-18(3)9-5-4-6-10-18/h14-16H,4-13H2,1-3H3/q+1/t14-,15+,16+/m0/s1. The first-order valence-corrected chi connectivity index (χ1v) is 8.48. The molecule has 0 aromatic rings. The van der Waals surface area contributed by atoms with Gasteiger partial charge in [-0.05, 0) is 49.9 Å². The summed E-state index contributed by atoms with van der Waals surface area (Å²) in [5.74, 6) is 2.14. The Bertz CT molecular complexity index is 323. The van der Waals surface area contributed by atoms with E-state index in [-0.39, 0.29) is 5.97 Å². The highest BCUT2D eigenvalue weighted by Crippen LogP contribution is 2.33. The Balaban J connectivity index is 1.72. The molecule has 3 atom stereocenters. The molecule has 116 valence electrons. The van der Waals surface area contributed by atoms with Gasteiger partial charge >= 0.3 is 5.97 Å². The van der Waals surface area contributed by atoms with Crippen LogP contribution in [0.4, 0.5) is 0 Å². The Morgan fingerprint density at radius 1 is 1.15 bits per heavy atom. The molecule has 0 aromatic carbocycles. The van der Waals surface area contributed by atoms with E-state index in [1.165, 1.54) is 38.5 Å². The summed E-state index contributed by atoms with van der Waals surface area (Å²) in [5, 5.41) is 0. The zero-order valence-electron chi connectivity index (χ0n) is 13.6. The van der Waals surface area contributed by atoms with E-state index in [1.54, 1.807) is 0 Å². The molecule has 0 unspecified atom stereocenters. The Kier molecular flexibility index (Phi) is 5.48. The minimum absolute atomic E-state index is 0.0141. The molecule has 0 aromatic heterocycles. The van der Waals surface area contributed by atoms with Crippen LogP contribution in [-0.4, -0.2) is 43.7 Å². The van der Waals surface area contributed by atoms with E-state index >= 15 is 0 Å². The Morgan fingerprint density at radius 3 is 2.50 bits per heavy atom.